The molecule has 6 nitrogen and oxygen atoms in total. The van der Waals surface area contributed by atoms with Gasteiger partial charge in [-0.2, -0.15) is 0 Å². The molecule has 0 fully saturated rings. The summed E-state index contributed by atoms with van der Waals surface area (Å²) < 4.78 is 18.5. The number of carbonyl (C=O) groups is 1. The van der Waals surface area contributed by atoms with Crippen LogP contribution >= 0.6 is 0 Å². The highest BCUT2D eigenvalue weighted by atomic mass is 19.1. The number of benzene rings is 1. The van der Waals surface area contributed by atoms with Crippen molar-refractivity contribution in [3.05, 3.63) is 58.7 Å². The number of aliphatic hydroxyl groups excluding tert-OH is 1. The number of aromatic nitrogens is 1. The minimum Gasteiger partial charge on any atom is -0.496 e. The van der Waals surface area contributed by atoms with E-state index in [2.05, 4.69) is 9.88 Å². The molecular weight excluding hydrogens is 339 g/mol. The van der Waals surface area contributed by atoms with E-state index in [1.54, 1.807) is 25.4 Å². The van der Waals surface area contributed by atoms with Crippen molar-refractivity contribution >= 4 is 6.47 Å². The van der Waals surface area contributed by atoms with Gasteiger partial charge in [-0.05, 0) is 31.5 Å². The van der Waals surface area contributed by atoms with E-state index in [4.69, 9.17) is 14.6 Å². The molecule has 1 aromatic carbocycles. The molecule has 0 saturated carbocycles. The molecule has 0 aliphatic heterocycles. The van der Waals surface area contributed by atoms with E-state index in [1.807, 2.05) is 13.8 Å². The number of methoxy groups -OCH3 is 1. The van der Waals surface area contributed by atoms with Crippen LogP contribution < -0.4 is 4.74 Å². The Bertz CT molecular complexity index is 693. The van der Waals surface area contributed by atoms with Crippen molar-refractivity contribution in [1.29, 1.82) is 0 Å². The van der Waals surface area contributed by atoms with E-state index >= 15 is 0 Å². The molecule has 142 valence electrons. The molecule has 0 saturated heterocycles. The van der Waals surface area contributed by atoms with Crippen LogP contribution in [0.25, 0.3) is 0 Å². The Hall–Kier alpha value is -2.51. The summed E-state index contributed by atoms with van der Waals surface area (Å²) in [6.07, 6.45) is 1.80. The molecule has 0 atom stereocenters. The van der Waals surface area contributed by atoms with Crippen molar-refractivity contribution < 1.29 is 24.1 Å². The average molecular weight is 364 g/mol. The molecule has 26 heavy (non-hydrogen) atoms. The molecule has 0 aliphatic rings. The molecule has 0 amide bonds. The molecule has 1 aromatic heterocycles. The molecule has 1 heterocycles. The molecule has 0 aliphatic carbocycles. The van der Waals surface area contributed by atoms with Gasteiger partial charge in [-0.25, -0.2) is 4.39 Å². The monoisotopic (exact) mass is 364 g/mol. The highest BCUT2D eigenvalue weighted by Crippen LogP contribution is 2.25. The third-order valence-electron chi connectivity index (χ3n) is 3.86. The van der Waals surface area contributed by atoms with E-state index in [1.165, 1.54) is 12.1 Å². The van der Waals surface area contributed by atoms with Gasteiger partial charge < -0.3 is 14.9 Å². The maximum Gasteiger partial charge on any atom is 0.290 e. The molecule has 0 radical (unpaired) electrons. The summed E-state index contributed by atoms with van der Waals surface area (Å²) >= 11 is 0. The second kappa shape index (κ2) is 11.2. The topological polar surface area (TPSA) is 82.9 Å². The lowest BCUT2D eigenvalue weighted by Crippen LogP contribution is -2.27. The predicted octanol–water partition coefficient (Wildman–Crippen LogP) is 2.54. The largest absolute Gasteiger partial charge is 0.496 e. The fourth-order valence-electron chi connectivity index (χ4n) is 2.65. The van der Waals surface area contributed by atoms with Crippen LogP contribution in [-0.2, 0) is 17.9 Å². The van der Waals surface area contributed by atoms with Crippen molar-refractivity contribution in [2.24, 2.45) is 0 Å². The number of pyridine rings is 1. The number of hydrogen-bond acceptors (Lipinski definition) is 5. The van der Waals surface area contributed by atoms with Crippen LogP contribution in [0.15, 0.2) is 30.5 Å². The first kappa shape index (κ1) is 21.5. The predicted molar refractivity (Wildman–Crippen MR) is 96.6 cm³/mol. The Morgan fingerprint density at radius 2 is 1.85 bits per heavy atom. The van der Waals surface area contributed by atoms with Gasteiger partial charge in [-0.3, -0.25) is 14.7 Å². The first-order valence-electron chi connectivity index (χ1n) is 8.11. The SMILES string of the molecule is COc1c(C)cnc(CN(CCO)Cc2ccc(F)cc2)c1C.O=CO. The fraction of sp³-hybridized carbons (Fsp3) is 0.368. The third kappa shape index (κ3) is 6.42. The number of ether oxygens (including phenoxy) is 1. The van der Waals surface area contributed by atoms with Crippen molar-refractivity contribution in [2.45, 2.75) is 26.9 Å². The lowest BCUT2D eigenvalue weighted by atomic mass is 10.1. The van der Waals surface area contributed by atoms with Gasteiger partial charge in [0.05, 0.1) is 19.4 Å². The van der Waals surface area contributed by atoms with E-state index in [0.717, 1.165) is 28.1 Å². The van der Waals surface area contributed by atoms with Crippen molar-refractivity contribution in [3.63, 3.8) is 0 Å². The van der Waals surface area contributed by atoms with Crippen molar-refractivity contribution in [2.75, 3.05) is 20.3 Å². The highest BCUT2D eigenvalue weighted by Gasteiger charge is 2.13. The summed E-state index contributed by atoms with van der Waals surface area (Å²) in [5, 5.41) is 16.2. The van der Waals surface area contributed by atoms with Gasteiger partial charge in [0.2, 0.25) is 0 Å². The van der Waals surface area contributed by atoms with E-state index in [-0.39, 0.29) is 18.9 Å². The Morgan fingerprint density at radius 1 is 1.23 bits per heavy atom. The first-order valence-corrected chi connectivity index (χ1v) is 8.11. The van der Waals surface area contributed by atoms with Crippen LogP contribution in [0.4, 0.5) is 4.39 Å². The first-order chi connectivity index (χ1) is 12.5. The molecule has 2 N–H and O–H groups in total. The molecule has 2 rings (SSSR count). The number of halogens is 1. The van der Waals surface area contributed by atoms with E-state index in [9.17, 15) is 9.50 Å². The maximum absolute atomic E-state index is 13.0. The quantitative estimate of drug-likeness (QED) is 0.735. The zero-order valence-corrected chi connectivity index (χ0v) is 15.3. The van der Waals surface area contributed by atoms with Crippen LogP contribution in [0, 0.1) is 19.7 Å². The van der Waals surface area contributed by atoms with E-state index in [0.29, 0.717) is 19.6 Å². The molecule has 0 unspecified atom stereocenters. The number of carboxylic acid groups (broad SMARTS) is 1. The van der Waals surface area contributed by atoms with Crippen LogP contribution in [0.2, 0.25) is 0 Å². The van der Waals surface area contributed by atoms with Gasteiger partial charge in [0.25, 0.3) is 6.47 Å². The summed E-state index contributed by atoms with van der Waals surface area (Å²) in [6.45, 7) is 5.51. The zero-order chi connectivity index (χ0) is 19.5. The number of aryl methyl sites for hydroxylation is 1. The molecule has 0 spiro atoms. The summed E-state index contributed by atoms with van der Waals surface area (Å²) in [5.41, 5.74) is 3.93. The lowest BCUT2D eigenvalue weighted by molar-refractivity contribution is -0.122. The minimum atomic E-state index is -0.250. The Kier molecular flexibility index (Phi) is 9.25. The lowest BCUT2D eigenvalue weighted by Gasteiger charge is -2.23. The van der Waals surface area contributed by atoms with Crippen LogP contribution in [0.1, 0.15) is 22.4 Å². The Morgan fingerprint density at radius 3 is 2.38 bits per heavy atom. The van der Waals surface area contributed by atoms with Crippen LogP contribution in [0.5, 0.6) is 5.75 Å². The Balaban J connectivity index is 0.00000105. The molecule has 2 aromatic rings. The molecule has 0 bridgehead atoms. The average Bonchev–Trinajstić information content (AvgIpc) is 2.61. The minimum absolute atomic E-state index is 0.0588. The summed E-state index contributed by atoms with van der Waals surface area (Å²) in [5.74, 6) is 0.601. The third-order valence-corrected chi connectivity index (χ3v) is 3.86. The normalized spacial score (nSPS) is 10.2. The van der Waals surface area contributed by atoms with Gasteiger partial charge in [0, 0.05) is 37.0 Å². The van der Waals surface area contributed by atoms with Crippen LogP contribution in [-0.4, -0.2) is 46.8 Å². The Labute approximate surface area is 152 Å². The van der Waals surface area contributed by atoms with E-state index < -0.39 is 0 Å². The van der Waals surface area contributed by atoms with Gasteiger partial charge in [0.15, 0.2) is 0 Å². The standard InChI is InChI=1S/C18H23FN2O2.CH2O2/c1-13-10-20-17(14(2)18(13)23-3)12-21(8-9-22)11-15-4-6-16(19)7-5-15;2-1-3/h4-7,10,22H,8-9,11-12H2,1-3H3;1H,(H,2,3). The molecule has 7 heteroatoms. The number of hydrogen-bond donors (Lipinski definition) is 2. The molecular formula is C19H25FN2O4. The fourth-order valence-corrected chi connectivity index (χ4v) is 2.65. The van der Waals surface area contributed by atoms with Gasteiger partial charge in [-0.1, -0.05) is 12.1 Å². The summed E-state index contributed by atoms with van der Waals surface area (Å²) in [4.78, 5) is 14.9. The second-order valence-corrected chi connectivity index (χ2v) is 5.71. The highest BCUT2D eigenvalue weighted by molar-refractivity contribution is 5.41. The van der Waals surface area contributed by atoms with Gasteiger partial charge in [0.1, 0.15) is 11.6 Å². The van der Waals surface area contributed by atoms with Crippen molar-refractivity contribution in [1.82, 2.24) is 9.88 Å². The maximum atomic E-state index is 13.0. The van der Waals surface area contributed by atoms with Gasteiger partial charge in [-0.15, -0.1) is 0 Å². The summed E-state index contributed by atoms with van der Waals surface area (Å²) in [7, 11) is 1.66. The second-order valence-electron chi connectivity index (χ2n) is 5.71. The van der Waals surface area contributed by atoms with Crippen LogP contribution in [0.3, 0.4) is 0 Å². The zero-order valence-electron chi connectivity index (χ0n) is 15.3. The van der Waals surface area contributed by atoms with Gasteiger partial charge >= 0.3 is 0 Å². The number of nitrogens with zero attached hydrogens (tertiary/aromatic N) is 2. The summed E-state index contributed by atoms with van der Waals surface area (Å²) in [6, 6.07) is 6.42. The smallest absolute Gasteiger partial charge is 0.290 e. The number of aliphatic hydroxyl groups is 1. The number of rotatable bonds is 7. The van der Waals surface area contributed by atoms with Crippen molar-refractivity contribution in [3.8, 4) is 5.75 Å².